The van der Waals surface area contributed by atoms with Crippen LogP contribution < -0.4 is 5.73 Å². The summed E-state index contributed by atoms with van der Waals surface area (Å²) in [4.78, 5) is 13.5. The number of carboxylic acid groups (broad SMARTS) is 1. The predicted molar refractivity (Wildman–Crippen MR) is 75.3 cm³/mol. The zero-order chi connectivity index (χ0) is 13.7. The molecule has 1 heterocycles. The maximum atomic E-state index is 11.0. The molecule has 104 valence electrons. The summed E-state index contributed by atoms with van der Waals surface area (Å²) in [5.41, 5.74) is 7.55. The van der Waals surface area contributed by atoms with E-state index in [0.29, 0.717) is 0 Å². The molecule has 0 aliphatic carbocycles. The van der Waals surface area contributed by atoms with Crippen molar-refractivity contribution in [1.29, 1.82) is 0 Å². The molecule has 2 rings (SSSR count). The average molecular weight is 262 g/mol. The normalized spacial score (nSPS) is 17.5. The van der Waals surface area contributed by atoms with Gasteiger partial charge in [0.15, 0.2) is 0 Å². The van der Waals surface area contributed by atoms with Crippen LogP contribution in [0.2, 0.25) is 0 Å². The quantitative estimate of drug-likeness (QED) is 0.814. The molecule has 1 atom stereocenters. The summed E-state index contributed by atoms with van der Waals surface area (Å²) in [5, 5.41) is 9.06. The van der Waals surface area contributed by atoms with Crippen molar-refractivity contribution in [3.05, 3.63) is 35.4 Å². The Bertz CT molecular complexity index is 411. The zero-order valence-corrected chi connectivity index (χ0v) is 11.2. The molecule has 0 radical (unpaired) electrons. The van der Waals surface area contributed by atoms with E-state index in [0.717, 1.165) is 18.5 Å². The first kappa shape index (κ1) is 14.0. The molecule has 1 aliphatic rings. The highest BCUT2D eigenvalue weighted by Gasteiger charge is 2.17. The molecule has 1 aliphatic heterocycles. The Labute approximate surface area is 114 Å². The van der Waals surface area contributed by atoms with Gasteiger partial charge in [0.2, 0.25) is 0 Å². The van der Waals surface area contributed by atoms with Gasteiger partial charge in [0.1, 0.15) is 0 Å². The Balaban J connectivity index is 1.91. The minimum atomic E-state index is -0.854. The van der Waals surface area contributed by atoms with Crippen molar-refractivity contribution in [2.24, 2.45) is 5.73 Å². The number of benzene rings is 1. The van der Waals surface area contributed by atoms with Gasteiger partial charge in [0.25, 0.3) is 0 Å². The number of rotatable bonds is 6. The number of aliphatic carboxylic acids is 1. The summed E-state index contributed by atoms with van der Waals surface area (Å²) < 4.78 is 0. The SMILES string of the molecule is NCC(C(=O)O)c1ccc(CCN2CCCC2)cc1. The summed E-state index contributed by atoms with van der Waals surface area (Å²) >= 11 is 0. The second-order valence-electron chi connectivity index (χ2n) is 5.17. The van der Waals surface area contributed by atoms with Crippen molar-refractivity contribution in [1.82, 2.24) is 4.90 Å². The largest absolute Gasteiger partial charge is 0.481 e. The molecule has 3 N–H and O–H groups in total. The fourth-order valence-electron chi connectivity index (χ4n) is 2.59. The third-order valence-electron chi connectivity index (χ3n) is 3.83. The molecular weight excluding hydrogens is 240 g/mol. The number of hydrogen-bond acceptors (Lipinski definition) is 3. The molecule has 0 saturated carbocycles. The molecule has 0 aromatic heterocycles. The van der Waals surface area contributed by atoms with Crippen LogP contribution in [-0.4, -0.2) is 42.2 Å². The van der Waals surface area contributed by atoms with Crippen LogP contribution >= 0.6 is 0 Å². The van der Waals surface area contributed by atoms with Gasteiger partial charge in [-0.1, -0.05) is 24.3 Å². The summed E-state index contributed by atoms with van der Waals surface area (Å²) in [6.45, 7) is 3.67. The molecule has 19 heavy (non-hydrogen) atoms. The van der Waals surface area contributed by atoms with Crippen molar-refractivity contribution in [3.63, 3.8) is 0 Å². The third-order valence-corrected chi connectivity index (χ3v) is 3.83. The van der Waals surface area contributed by atoms with Gasteiger partial charge in [-0.2, -0.15) is 0 Å². The van der Waals surface area contributed by atoms with Crippen molar-refractivity contribution in [3.8, 4) is 0 Å². The smallest absolute Gasteiger partial charge is 0.312 e. The molecule has 1 unspecified atom stereocenters. The van der Waals surface area contributed by atoms with E-state index in [1.807, 2.05) is 24.3 Å². The molecule has 4 heteroatoms. The molecule has 1 fully saturated rings. The fourth-order valence-corrected chi connectivity index (χ4v) is 2.59. The van der Waals surface area contributed by atoms with Crippen molar-refractivity contribution in [2.75, 3.05) is 26.2 Å². The van der Waals surface area contributed by atoms with Crippen molar-refractivity contribution >= 4 is 5.97 Å². The molecule has 0 bridgehead atoms. The number of carbonyl (C=O) groups is 1. The van der Waals surface area contributed by atoms with E-state index in [1.165, 1.54) is 31.5 Å². The molecule has 1 aromatic rings. The topological polar surface area (TPSA) is 66.6 Å². The summed E-state index contributed by atoms with van der Waals surface area (Å²) in [6.07, 6.45) is 3.66. The second kappa shape index (κ2) is 6.68. The van der Waals surface area contributed by atoms with E-state index in [-0.39, 0.29) is 6.54 Å². The monoisotopic (exact) mass is 262 g/mol. The number of carboxylic acids is 1. The van der Waals surface area contributed by atoms with Gasteiger partial charge in [-0.25, -0.2) is 0 Å². The lowest BCUT2D eigenvalue weighted by molar-refractivity contribution is -0.138. The number of hydrogen-bond donors (Lipinski definition) is 2. The Morgan fingerprint density at radius 2 is 1.89 bits per heavy atom. The van der Waals surface area contributed by atoms with Crippen LogP contribution in [0.4, 0.5) is 0 Å². The van der Waals surface area contributed by atoms with Crippen molar-refractivity contribution < 1.29 is 9.90 Å². The van der Waals surface area contributed by atoms with E-state index >= 15 is 0 Å². The van der Waals surface area contributed by atoms with E-state index in [2.05, 4.69) is 4.90 Å². The van der Waals surface area contributed by atoms with E-state index < -0.39 is 11.9 Å². The van der Waals surface area contributed by atoms with Crippen LogP contribution in [0.5, 0.6) is 0 Å². The first-order chi connectivity index (χ1) is 9.20. The molecule has 1 saturated heterocycles. The molecule has 1 aromatic carbocycles. The Morgan fingerprint density at radius 1 is 1.26 bits per heavy atom. The summed E-state index contributed by atoms with van der Waals surface area (Å²) in [7, 11) is 0. The van der Waals surface area contributed by atoms with Gasteiger partial charge in [0.05, 0.1) is 5.92 Å². The van der Waals surface area contributed by atoms with Gasteiger partial charge in [-0.3, -0.25) is 4.79 Å². The molecule has 0 spiro atoms. The standard InChI is InChI=1S/C15H22N2O2/c16-11-14(15(18)19)13-5-3-12(4-6-13)7-10-17-8-1-2-9-17/h3-6,14H,1-2,7-11,16H2,(H,18,19). The maximum Gasteiger partial charge on any atom is 0.312 e. The second-order valence-corrected chi connectivity index (χ2v) is 5.17. The number of likely N-dealkylation sites (tertiary alicyclic amines) is 1. The van der Waals surface area contributed by atoms with Crippen LogP contribution in [0.15, 0.2) is 24.3 Å². The van der Waals surface area contributed by atoms with Gasteiger partial charge < -0.3 is 15.7 Å². The van der Waals surface area contributed by atoms with Crippen LogP contribution in [0.25, 0.3) is 0 Å². The Hall–Kier alpha value is -1.39. The minimum absolute atomic E-state index is 0.141. The highest BCUT2D eigenvalue weighted by atomic mass is 16.4. The summed E-state index contributed by atoms with van der Waals surface area (Å²) in [6, 6.07) is 7.84. The van der Waals surface area contributed by atoms with Gasteiger partial charge in [0, 0.05) is 13.1 Å². The highest BCUT2D eigenvalue weighted by Crippen LogP contribution is 2.16. The van der Waals surface area contributed by atoms with E-state index in [1.54, 1.807) is 0 Å². The van der Waals surface area contributed by atoms with E-state index in [4.69, 9.17) is 10.8 Å². The van der Waals surface area contributed by atoms with E-state index in [9.17, 15) is 4.79 Å². The average Bonchev–Trinajstić information content (AvgIpc) is 2.91. The molecular formula is C15H22N2O2. The Kier molecular flexibility index (Phi) is 4.93. The van der Waals surface area contributed by atoms with Crippen LogP contribution in [0.1, 0.15) is 29.9 Å². The predicted octanol–water partition coefficient (Wildman–Crippen LogP) is 1.45. The lowest BCUT2D eigenvalue weighted by atomic mass is 9.97. The lowest BCUT2D eigenvalue weighted by Crippen LogP contribution is -2.22. The molecule has 0 amide bonds. The maximum absolute atomic E-state index is 11.0. The number of nitrogens with zero attached hydrogens (tertiary/aromatic N) is 1. The molecule has 4 nitrogen and oxygen atoms in total. The number of nitrogens with two attached hydrogens (primary N) is 1. The summed E-state index contributed by atoms with van der Waals surface area (Å²) in [5.74, 6) is -1.44. The highest BCUT2D eigenvalue weighted by molar-refractivity contribution is 5.76. The lowest BCUT2D eigenvalue weighted by Gasteiger charge is -2.15. The van der Waals surface area contributed by atoms with Crippen LogP contribution in [0.3, 0.4) is 0 Å². The van der Waals surface area contributed by atoms with Gasteiger partial charge in [-0.15, -0.1) is 0 Å². The van der Waals surface area contributed by atoms with Gasteiger partial charge >= 0.3 is 5.97 Å². The zero-order valence-electron chi connectivity index (χ0n) is 11.2. The first-order valence-electron chi connectivity index (χ1n) is 6.95. The minimum Gasteiger partial charge on any atom is -0.481 e. The first-order valence-corrected chi connectivity index (χ1v) is 6.95. The fraction of sp³-hybridized carbons (Fsp3) is 0.533. The van der Waals surface area contributed by atoms with Crippen molar-refractivity contribution in [2.45, 2.75) is 25.2 Å². The third kappa shape index (κ3) is 3.78. The van der Waals surface area contributed by atoms with Crippen LogP contribution in [0, 0.1) is 0 Å². The van der Waals surface area contributed by atoms with Crippen LogP contribution in [-0.2, 0) is 11.2 Å². The Morgan fingerprint density at radius 3 is 2.42 bits per heavy atom. The van der Waals surface area contributed by atoms with Gasteiger partial charge in [-0.05, 0) is 43.5 Å².